The quantitative estimate of drug-likeness (QED) is 0.614. The zero-order valence-electron chi connectivity index (χ0n) is 16.9. The molecule has 8 nitrogen and oxygen atoms in total. The maximum absolute atomic E-state index is 13.0. The van der Waals surface area contributed by atoms with Gasteiger partial charge in [-0.25, -0.2) is 9.97 Å². The normalized spacial score (nSPS) is 14.4. The van der Waals surface area contributed by atoms with Crippen molar-refractivity contribution in [2.75, 3.05) is 36.4 Å². The van der Waals surface area contributed by atoms with Gasteiger partial charge >= 0.3 is 0 Å². The maximum atomic E-state index is 13.0. The van der Waals surface area contributed by atoms with Crippen LogP contribution in [0.15, 0.2) is 42.7 Å². The second-order valence-electron chi connectivity index (χ2n) is 7.54. The molecule has 0 bridgehead atoms. The number of nitrogens with zero attached hydrogens (tertiary/aromatic N) is 4. The molecule has 1 aromatic heterocycles. The molecule has 1 saturated heterocycles. The van der Waals surface area contributed by atoms with Gasteiger partial charge in [-0.2, -0.15) is 0 Å². The molecular weight excluding hydrogens is 370 g/mol. The second kappa shape index (κ2) is 8.38. The van der Waals surface area contributed by atoms with E-state index in [-0.39, 0.29) is 11.7 Å². The standard InChI is InChI=1S/C21H25N5O3/c1-15(27)16-6-4-7-17(14-16)24-18(28)21(2,3)19(29)25-10-12-26(13-11-25)20-22-8-5-9-23-20/h4-9,14H,10-13H2,1-3H3,(H,24,28). The van der Waals surface area contributed by atoms with Gasteiger partial charge in [0, 0.05) is 49.8 Å². The van der Waals surface area contributed by atoms with Crippen molar-refractivity contribution in [1.29, 1.82) is 0 Å². The Kier molecular flexibility index (Phi) is 5.91. The van der Waals surface area contributed by atoms with E-state index in [0.717, 1.165) is 0 Å². The van der Waals surface area contributed by atoms with E-state index in [1.54, 1.807) is 61.5 Å². The second-order valence-corrected chi connectivity index (χ2v) is 7.54. The summed E-state index contributed by atoms with van der Waals surface area (Å²) in [5.74, 6) is -0.0814. The number of Topliss-reactive ketones (excluding diaryl/α,β-unsaturated/α-hetero) is 1. The molecule has 152 valence electrons. The van der Waals surface area contributed by atoms with Crippen LogP contribution < -0.4 is 10.2 Å². The summed E-state index contributed by atoms with van der Waals surface area (Å²) in [6.45, 7) is 6.90. The monoisotopic (exact) mass is 395 g/mol. The third-order valence-corrected chi connectivity index (χ3v) is 5.03. The van der Waals surface area contributed by atoms with Crippen molar-refractivity contribution in [2.45, 2.75) is 20.8 Å². The van der Waals surface area contributed by atoms with Gasteiger partial charge in [0.1, 0.15) is 5.41 Å². The molecule has 1 aliphatic heterocycles. The predicted octanol–water partition coefficient (Wildman–Crippen LogP) is 1.99. The molecule has 1 fully saturated rings. The molecule has 2 aromatic rings. The summed E-state index contributed by atoms with van der Waals surface area (Å²) in [6, 6.07) is 8.45. The van der Waals surface area contributed by atoms with Crippen LogP contribution in [0.25, 0.3) is 0 Å². The van der Waals surface area contributed by atoms with Gasteiger partial charge in [-0.1, -0.05) is 12.1 Å². The molecule has 1 N–H and O–H groups in total. The fourth-order valence-corrected chi connectivity index (χ4v) is 3.16. The van der Waals surface area contributed by atoms with Crippen molar-refractivity contribution in [1.82, 2.24) is 14.9 Å². The number of hydrogen-bond donors (Lipinski definition) is 1. The summed E-state index contributed by atoms with van der Waals surface area (Å²) in [4.78, 5) is 49.6. The van der Waals surface area contributed by atoms with Gasteiger partial charge in [-0.3, -0.25) is 14.4 Å². The Hall–Kier alpha value is -3.29. The molecule has 1 aliphatic rings. The number of piperazine rings is 1. The minimum atomic E-state index is -1.24. The summed E-state index contributed by atoms with van der Waals surface area (Å²) in [6.07, 6.45) is 3.38. The average Bonchev–Trinajstić information content (AvgIpc) is 2.74. The molecule has 3 rings (SSSR count). The van der Waals surface area contributed by atoms with E-state index in [1.165, 1.54) is 6.92 Å². The fourth-order valence-electron chi connectivity index (χ4n) is 3.16. The third-order valence-electron chi connectivity index (χ3n) is 5.03. The minimum Gasteiger partial charge on any atom is -0.338 e. The molecule has 0 spiro atoms. The highest BCUT2D eigenvalue weighted by atomic mass is 16.2. The van der Waals surface area contributed by atoms with Crippen LogP contribution in [0.5, 0.6) is 0 Å². The highest BCUT2D eigenvalue weighted by Gasteiger charge is 2.40. The van der Waals surface area contributed by atoms with Crippen LogP contribution in [-0.2, 0) is 9.59 Å². The largest absolute Gasteiger partial charge is 0.338 e. The Bertz CT molecular complexity index is 906. The van der Waals surface area contributed by atoms with Gasteiger partial charge in [0.25, 0.3) is 0 Å². The first-order chi connectivity index (χ1) is 13.8. The van der Waals surface area contributed by atoms with E-state index in [9.17, 15) is 14.4 Å². The third kappa shape index (κ3) is 4.59. The van der Waals surface area contributed by atoms with Crippen LogP contribution in [0.4, 0.5) is 11.6 Å². The molecular formula is C21H25N5O3. The number of ketones is 1. The first-order valence-corrected chi connectivity index (χ1v) is 9.53. The van der Waals surface area contributed by atoms with Crippen LogP contribution in [0, 0.1) is 5.41 Å². The smallest absolute Gasteiger partial charge is 0.239 e. The molecule has 0 radical (unpaired) electrons. The van der Waals surface area contributed by atoms with Crippen LogP contribution in [0.3, 0.4) is 0 Å². The number of aromatic nitrogens is 2. The Morgan fingerprint density at radius 1 is 1.00 bits per heavy atom. The molecule has 0 atom stereocenters. The molecule has 2 heterocycles. The Balaban J connectivity index is 1.63. The van der Waals surface area contributed by atoms with Crippen molar-refractivity contribution in [3.8, 4) is 0 Å². The SMILES string of the molecule is CC(=O)c1cccc(NC(=O)C(C)(C)C(=O)N2CCN(c3ncccn3)CC2)c1. The predicted molar refractivity (Wildman–Crippen MR) is 110 cm³/mol. The zero-order valence-corrected chi connectivity index (χ0v) is 16.9. The number of carbonyl (C=O) groups excluding carboxylic acids is 3. The van der Waals surface area contributed by atoms with E-state index in [2.05, 4.69) is 15.3 Å². The van der Waals surface area contributed by atoms with Crippen LogP contribution >= 0.6 is 0 Å². The highest BCUT2D eigenvalue weighted by Crippen LogP contribution is 2.24. The lowest BCUT2D eigenvalue weighted by molar-refractivity contribution is -0.146. The van der Waals surface area contributed by atoms with E-state index in [1.807, 2.05) is 4.90 Å². The topological polar surface area (TPSA) is 95.5 Å². The van der Waals surface area contributed by atoms with Gasteiger partial charge in [-0.15, -0.1) is 0 Å². The zero-order chi connectivity index (χ0) is 21.0. The number of hydrogen-bond acceptors (Lipinski definition) is 6. The van der Waals surface area contributed by atoms with Gasteiger partial charge in [0.2, 0.25) is 17.8 Å². The van der Waals surface area contributed by atoms with Crippen molar-refractivity contribution in [3.05, 3.63) is 48.3 Å². The summed E-state index contributed by atoms with van der Waals surface area (Å²) < 4.78 is 0. The Morgan fingerprint density at radius 2 is 1.66 bits per heavy atom. The first kappa shape index (κ1) is 20.4. The fraction of sp³-hybridized carbons (Fsp3) is 0.381. The van der Waals surface area contributed by atoms with Crippen molar-refractivity contribution in [2.24, 2.45) is 5.41 Å². The number of anilines is 2. The first-order valence-electron chi connectivity index (χ1n) is 9.53. The number of rotatable bonds is 5. The summed E-state index contributed by atoms with van der Waals surface area (Å²) in [5, 5.41) is 2.76. The summed E-state index contributed by atoms with van der Waals surface area (Å²) in [7, 11) is 0. The van der Waals surface area contributed by atoms with Crippen molar-refractivity contribution in [3.63, 3.8) is 0 Å². The van der Waals surface area contributed by atoms with E-state index in [4.69, 9.17) is 0 Å². The van der Waals surface area contributed by atoms with Crippen LogP contribution in [0.2, 0.25) is 0 Å². The molecule has 0 aliphatic carbocycles. The molecule has 8 heteroatoms. The van der Waals surface area contributed by atoms with E-state index in [0.29, 0.717) is 43.4 Å². The number of amides is 2. The number of nitrogens with one attached hydrogen (secondary N) is 1. The van der Waals surface area contributed by atoms with E-state index < -0.39 is 11.3 Å². The lowest BCUT2D eigenvalue weighted by Crippen LogP contribution is -2.54. The maximum Gasteiger partial charge on any atom is 0.239 e. The summed E-state index contributed by atoms with van der Waals surface area (Å²) in [5.41, 5.74) is -0.238. The molecule has 2 amide bonds. The highest BCUT2D eigenvalue weighted by molar-refractivity contribution is 6.10. The minimum absolute atomic E-state index is 0.0864. The number of carbonyl (C=O) groups is 3. The molecule has 1 aromatic carbocycles. The summed E-state index contributed by atoms with van der Waals surface area (Å²) >= 11 is 0. The van der Waals surface area contributed by atoms with Crippen molar-refractivity contribution >= 4 is 29.2 Å². The van der Waals surface area contributed by atoms with Gasteiger partial charge in [0.15, 0.2) is 5.78 Å². The number of benzene rings is 1. The van der Waals surface area contributed by atoms with E-state index >= 15 is 0 Å². The van der Waals surface area contributed by atoms with Crippen molar-refractivity contribution < 1.29 is 14.4 Å². The lowest BCUT2D eigenvalue weighted by Gasteiger charge is -2.38. The lowest BCUT2D eigenvalue weighted by atomic mass is 9.89. The van der Waals surface area contributed by atoms with Crippen LogP contribution in [0.1, 0.15) is 31.1 Å². The average molecular weight is 395 g/mol. The van der Waals surface area contributed by atoms with Gasteiger partial charge in [-0.05, 0) is 39.0 Å². The molecule has 29 heavy (non-hydrogen) atoms. The Morgan fingerprint density at radius 3 is 2.28 bits per heavy atom. The molecule has 0 saturated carbocycles. The van der Waals surface area contributed by atoms with Gasteiger partial charge < -0.3 is 15.1 Å². The van der Waals surface area contributed by atoms with Gasteiger partial charge in [0.05, 0.1) is 0 Å². The molecule has 0 unspecified atom stereocenters. The van der Waals surface area contributed by atoms with Crippen LogP contribution in [-0.4, -0.2) is 58.6 Å². The Labute approximate surface area is 169 Å².